The van der Waals surface area contributed by atoms with Gasteiger partial charge >= 0.3 is 0 Å². The van der Waals surface area contributed by atoms with Crippen molar-refractivity contribution >= 4 is 52.6 Å². The summed E-state index contributed by atoms with van der Waals surface area (Å²) >= 11 is 7.57. The van der Waals surface area contributed by atoms with Crippen LogP contribution in [0.2, 0.25) is 5.02 Å². The van der Waals surface area contributed by atoms with E-state index in [-0.39, 0.29) is 17.6 Å². The Bertz CT molecular complexity index is 1620. The maximum Gasteiger partial charge on any atom is 0.265 e. The molecule has 4 aromatic carbocycles. The molecule has 2 aliphatic rings. The minimum Gasteiger partial charge on any atom is -0.368 e. The lowest BCUT2D eigenvalue weighted by Crippen LogP contribution is -2.48. The quantitative estimate of drug-likeness (QED) is 0.235. The van der Waals surface area contributed by atoms with Crippen LogP contribution in [0.15, 0.2) is 107 Å². The molecule has 0 aliphatic carbocycles. The molecule has 0 bridgehead atoms. The van der Waals surface area contributed by atoms with Gasteiger partial charge in [-0.2, -0.15) is 0 Å². The maximum atomic E-state index is 13.6. The molecule has 0 N–H and O–H groups in total. The number of piperazine rings is 1. The largest absolute Gasteiger partial charge is 0.368 e. The summed E-state index contributed by atoms with van der Waals surface area (Å²) < 4.78 is 13.4. The fourth-order valence-electron chi connectivity index (χ4n) is 5.09. The normalized spacial score (nSPS) is 16.2. The molecule has 4 aromatic rings. The number of nitrogens with zero attached hydrogens (tertiary/aromatic N) is 3. The smallest absolute Gasteiger partial charge is 0.265 e. The van der Waals surface area contributed by atoms with Crippen LogP contribution in [-0.4, -0.2) is 42.9 Å². The zero-order valence-corrected chi connectivity index (χ0v) is 23.7. The number of thioether (sulfide) groups is 1. The monoisotopic (exact) mass is 583 g/mol. The van der Waals surface area contributed by atoms with Crippen LogP contribution in [-0.2, 0) is 11.3 Å². The average molecular weight is 584 g/mol. The number of rotatable bonds is 5. The molecular weight excluding hydrogens is 557 g/mol. The number of hydrogen-bond donors (Lipinski definition) is 0. The number of benzene rings is 4. The number of halogens is 2. The number of amides is 2. The van der Waals surface area contributed by atoms with Gasteiger partial charge in [-0.1, -0.05) is 65.8 Å². The van der Waals surface area contributed by atoms with Crippen LogP contribution in [0.25, 0.3) is 6.08 Å². The fraction of sp³-hybridized carbons (Fsp3) is 0.152. The summed E-state index contributed by atoms with van der Waals surface area (Å²) in [5.41, 5.74) is 4.20. The first kappa shape index (κ1) is 27.1. The van der Waals surface area contributed by atoms with Crippen molar-refractivity contribution in [1.82, 2.24) is 4.90 Å². The summed E-state index contributed by atoms with van der Waals surface area (Å²) in [6.45, 7) is 3.08. The number of para-hydroxylation sites is 1. The van der Waals surface area contributed by atoms with E-state index in [1.807, 2.05) is 83.8 Å². The van der Waals surface area contributed by atoms with Gasteiger partial charge in [0.25, 0.3) is 11.8 Å². The average Bonchev–Trinajstić information content (AvgIpc) is 3.00. The van der Waals surface area contributed by atoms with Crippen LogP contribution in [0.4, 0.5) is 15.8 Å². The standard InChI is InChI=1S/C33H27ClFN3O2S/c34-26-4-3-5-28(21-26)36-16-18-37(19-17-36)32(39)25-12-8-23(9-13-25)20-31-33(40)38(22-24-10-14-27(35)15-11-24)29-6-1-2-7-30(29)41-31/h1-15,20-21H,16-19,22H2/b31-20-. The van der Waals surface area contributed by atoms with Crippen molar-refractivity contribution < 1.29 is 14.0 Å². The van der Waals surface area contributed by atoms with Crippen molar-refractivity contribution in [3.05, 3.63) is 129 Å². The van der Waals surface area contributed by atoms with Crippen LogP contribution in [0, 0.1) is 5.82 Å². The molecule has 0 saturated carbocycles. The van der Waals surface area contributed by atoms with Crippen molar-refractivity contribution in [2.75, 3.05) is 36.0 Å². The second kappa shape index (κ2) is 11.8. The van der Waals surface area contributed by atoms with Crippen molar-refractivity contribution in [1.29, 1.82) is 0 Å². The van der Waals surface area contributed by atoms with Gasteiger partial charge in [0.05, 0.1) is 17.1 Å². The minimum atomic E-state index is -0.308. The zero-order chi connectivity index (χ0) is 28.3. The Morgan fingerprint density at radius 3 is 2.34 bits per heavy atom. The highest BCUT2D eigenvalue weighted by Gasteiger charge is 2.29. The minimum absolute atomic E-state index is 0.00235. The molecule has 5 nitrogen and oxygen atoms in total. The first-order valence-electron chi connectivity index (χ1n) is 13.4. The van der Waals surface area contributed by atoms with E-state index >= 15 is 0 Å². The summed E-state index contributed by atoms with van der Waals surface area (Å²) in [4.78, 5) is 34.2. The maximum absolute atomic E-state index is 13.6. The molecular formula is C33H27ClFN3O2S. The molecule has 2 heterocycles. The van der Waals surface area contributed by atoms with Gasteiger partial charge in [-0.15, -0.1) is 0 Å². The van der Waals surface area contributed by atoms with Crippen LogP contribution >= 0.6 is 23.4 Å². The van der Waals surface area contributed by atoms with Crippen molar-refractivity contribution in [3.63, 3.8) is 0 Å². The number of anilines is 2. The molecule has 0 atom stereocenters. The molecule has 1 saturated heterocycles. The molecule has 0 radical (unpaired) electrons. The highest BCUT2D eigenvalue weighted by atomic mass is 35.5. The molecule has 8 heteroatoms. The zero-order valence-electron chi connectivity index (χ0n) is 22.2. The molecule has 41 heavy (non-hydrogen) atoms. The Labute approximate surface area is 247 Å². The number of carbonyl (C=O) groups is 2. The Morgan fingerprint density at radius 2 is 1.61 bits per heavy atom. The Hall–Kier alpha value is -4.07. The van der Waals surface area contributed by atoms with Crippen molar-refractivity contribution in [2.45, 2.75) is 11.4 Å². The van der Waals surface area contributed by atoms with Gasteiger partial charge in [0.2, 0.25) is 0 Å². The number of hydrogen-bond acceptors (Lipinski definition) is 4. The van der Waals surface area contributed by atoms with E-state index in [9.17, 15) is 14.0 Å². The predicted octanol–water partition coefficient (Wildman–Crippen LogP) is 7.12. The molecule has 0 aromatic heterocycles. The third-order valence-electron chi connectivity index (χ3n) is 7.28. The van der Waals surface area contributed by atoms with Gasteiger partial charge in [-0.25, -0.2) is 4.39 Å². The van der Waals surface area contributed by atoms with E-state index in [1.165, 1.54) is 23.9 Å². The second-order valence-corrected chi connectivity index (χ2v) is 11.5. The van der Waals surface area contributed by atoms with E-state index in [4.69, 9.17) is 11.6 Å². The van der Waals surface area contributed by atoms with E-state index in [0.29, 0.717) is 35.1 Å². The highest BCUT2D eigenvalue weighted by Crippen LogP contribution is 2.42. The SMILES string of the molecule is O=C(c1ccc(/C=C2\Sc3ccccc3N(Cc3ccc(F)cc3)C2=O)cc1)N1CCN(c2cccc(Cl)c2)CC1. The Kier molecular flexibility index (Phi) is 7.81. The molecule has 1 fully saturated rings. The topological polar surface area (TPSA) is 43.9 Å². The van der Waals surface area contributed by atoms with Gasteiger partial charge in [0.15, 0.2) is 0 Å². The number of fused-ring (bicyclic) bond motifs is 1. The van der Waals surface area contributed by atoms with Crippen molar-refractivity contribution in [3.8, 4) is 0 Å². The van der Waals surface area contributed by atoms with Crippen LogP contribution in [0.1, 0.15) is 21.5 Å². The predicted molar refractivity (Wildman–Crippen MR) is 164 cm³/mol. The Balaban J connectivity index is 1.15. The van der Waals surface area contributed by atoms with Crippen LogP contribution in [0.5, 0.6) is 0 Å². The lowest BCUT2D eigenvalue weighted by molar-refractivity contribution is -0.114. The van der Waals surface area contributed by atoms with Crippen LogP contribution < -0.4 is 9.80 Å². The lowest BCUT2D eigenvalue weighted by atomic mass is 10.1. The summed E-state index contributed by atoms with van der Waals surface area (Å²) in [5.74, 6) is -0.426. The summed E-state index contributed by atoms with van der Waals surface area (Å²) in [6, 6.07) is 29.2. The van der Waals surface area contributed by atoms with E-state index < -0.39 is 0 Å². The summed E-state index contributed by atoms with van der Waals surface area (Å²) in [7, 11) is 0. The number of carbonyl (C=O) groups excluding carboxylic acids is 2. The highest BCUT2D eigenvalue weighted by molar-refractivity contribution is 8.04. The second-order valence-electron chi connectivity index (χ2n) is 9.98. The third kappa shape index (κ3) is 6.01. The summed E-state index contributed by atoms with van der Waals surface area (Å²) in [5, 5.41) is 0.703. The van der Waals surface area contributed by atoms with E-state index in [2.05, 4.69) is 4.90 Å². The lowest BCUT2D eigenvalue weighted by Gasteiger charge is -2.36. The van der Waals surface area contributed by atoms with E-state index in [1.54, 1.807) is 17.0 Å². The van der Waals surface area contributed by atoms with Gasteiger partial charge < -0.3 is 14.7 Å². The fourth-order valence-corrected chi connectivity index (χ4v) is 6.33. The van der Waals surface area contributed by atoms with Gasteiger partial charge in [0.1, 0.15) is 5.82 Å². The molecule has 2 amide bonds. The third-order valence-corrected chi connectivity index (χ3v) is 8.59. The molecule has 206 valence electrons. The van der Waals surface area contributed by atoms with Crippen molar-refractivity contribution in [2.24, 2.45) is 0 Å². The Morgan fingerprint density at radius 1 is 0.878 bits per heavy atom. The van der Waals surface area contributed by atoms with Gasteiger partial charge in [-0.3, -0.25) is 9.59 Å². The molecule has 2 aliphatic heterocycles. The first-order chi connectivity index (χ1) is 19.9. The van der Waals surface area contributed by atoms with Gasteiger partial charge in [-0.05, 0) is 71.8 Å². The van der Waals surface area contributed by atoms with Crippen LogP contribution in [0.3, 0.4) is 0 Å². The van der Waals surface area contributed by atoms with E-state index in [0.717, 1.165) is 40.5 Å². The molecule has 6 rings (SSSR count). The molecule has 0 spiro atoms. The first-order valence-corrected chi connectivity index (χ1v) is 14.6. The molecule has 0 unspecified atom stereocenters. The van der Waals surface area contributed by atoms with Gasteiger partial charge in [0, 0.05) is 47.3 Å². The summed E-state index contributed by atoms with van der Waals surface area (Å²) in [6.07, 6.45) is 1.86.